The maximum absolute atomic E-state index is 5.92. The number of nitrogen functional groups attached to an aromatic ring is 1. The Morgan fingerprint density at radius 1 is 1.35 bits per heavy atom. The van der Waals surface area contributed by atoms with Crippen LogP contribution in [-0.4, -0.2) is 14.8 Å². The van der Waals surface area contributed by atoms with Crippen molar-refractivity contribution in [3.8, 4) is 11.4 Å². The molecule has 3 rings (SSSR count). The van der Waals surface area contributed by atoms with Crippen LogP contribution in [0.25, 0.3) is 11.4 Å². The molecule has 4 nitrogen and oxygen atoms in total. The Labute approximate surface area is 104 Å². The first-order chi connectivity index (χ1) is 8.16. The van der Waals surface area contributed by atoms with Gasteiger partial charge in [-0.25, -0.2) is 0 Å². The van der Waals surface area contributed by atoms with Gasteiger partial charge >= 0.3 is 0 Å². The van der Waals surface area contributed by atoms with Crippen LogP contribution in [0.5, 0.6) is 0 Å². The van der Waals surface area contributed by atoms with Crippen molar-refractivity contribution in [2.24, 2.45) is 0 Å². The van der Waals surface area contributed by atoms with E-state index in [1.165, 1.54) is 12.8 Å². The first-order valence-corrected chi connectivity index (χ1v) is 6.01. The molecule has 0 saturated heterocycles. The first-order valence-electron chi connectivity index (χ1n) is 5.63. The number of nitrogens with zero attached hydrogens (tertiary/aromatic N) is 3. The summed E-state index contributed by atoms with van der Waals surface area (Å²) in [4.78, 5) is 0. The van der Waals surface area contributed by atoms with Gasteiger partial charge in [-0.2, -0.15) is 0 Å². The maximum Gasteiger partial charge on any atom is 0.164 e. The van der Waals surface area contributed by atoms with Crippen molar-refractivity contribution >= 4 is 17.3 Å². The number of hydrogen-bond donors (Lipinski definition) is 1. The third kappa shape index (κ3) is 1.78. The fourth-order valence-corrected chi connectivity index (χ4v) is 2.14. The van der Waals surface area contributed by atoms with Crippen molar-refractivity contribution in [1.82, 2.24) is 14.8 Å². The zero-order valence-corrected chi connectivity index (χ0v) is 10.3. The fraction of sp³-hybridized carbons (Fsp3) is 0.333. The Morgan fingerprint density at radius 2 is 2.12 bits per heavy atom. The molecule has 1 fully saturated rings. The average molecular weight is 249 g/mol. The van der Waals surface area contributed by atoms with Crippen LogP contribution in [0.2, 0.25) is 5.02 Å². The van der Waals surface area contributed by atoms with Gasteiger partial charge in [-0.1, -0.05) is 11.6 Å². The number of aromatic nitrogens is 3. The van der Waals surface area contributed by atoms with E-state index in [4.69, 9.17) is 17.3 Å². The zero-order chi connectivity index (χ0) is 12.0. The van der Waals surface area contributed by atoms with E-state index in [2.05, 4.69) is 14.8 Å². The van der Waals surface area contributed by atoms with Gasteiger partial charge in [0.15, 0.2) is 5.82 Å². The molecule has 1 saturated carbocycles. The van der Waals surface area contributed by atoms with Crippen molar-refractivity contribution in [1.29, 1.82) is 0 Å². The molecule has 0 spiro atoms. The predicted molar refractivity (Wildman–Crippen MR) is 67.9 cm³/mol. The van der Waals surface area contributed by atoms with Gasteiger partial charge in [0.05, 0.1) is 10.7 Å². The van der Waals surface area contributed by atoms with Crippen molar-refractivity contribution in [2.45, 2.75) is 25.8 Å². The molecule has 1 heterocycles. The number of hydrogen-bond acceptors (Lipinski definition) is 3. The molecule has 0 bridgehead atoms. The molecule has 0 radical (unpaired) electrons. The summed E-state index contributed by atoms with van der Waals surface area (Å²) in [6.45, 7) is 1.98. The van der Waals surface area contributed by atoms with Gasteiger partial charge in [0.2, 0.25) is 0 Å². The predicted octanol–water partition coefficient (Wildman–Crippen LogP) is 2.82. The molecule has 2 aromatic rings. The smallest absolute Gasteiger partial charge is 0.164 e. The molecule has 5 heteroatoms. The van der Waals surface area contributed by atoms with E-state index >= 15 is 0 Å². The number of aryl methyl sites for hydroxylation is 1. The maximum atomic E-state index is 5.92. The summed E-state index contributed by atoms with van der Waals surface area (Å²) in [5, 5.41) is 8.95. The number of nitrogens with two attached hydrogens (primary N) is 1. The van der Waals surface area contributed by atoms with E-state index in [9.17, 15) is 0 Å². The molecule has 88 valence electrons. The van der Waals surface area contributed by atoms with Crippen LogP contribution in [0.4, 0.5) is 5.69 Å². The lowest BCUT2D eigenvalue weighted by atomic mass is 10.2. The Balaban J connectivity index is 2.11. The summed E-state index contributed by atoms with van der Waals surface area (Å²) in [7, 11) is 0. The van der Waals surface area contributed by atoms with E-state index in [1.54, 1.807) is 6.07 Å². The van der Waals surface area contributed by atoms with Crippen molar-refractivity contribution in [2.75, 3.05) is 5.73 Å². The highest BCUT2D eigenvalue weighted by atomic mass is 35.5. The van der Waals surface area contributed by atoms with Gasteiger partial charge in [-0.3, -0.25) is 0 Å². The molecule has 1 aliphatic rings. The van der Waals surface area contributed by atoms with E-state index in [0.29, 0.717) is 16.8 Å². The minimum atomic E-state index is 0.553. The number of benzene rings is 1. The van der Waals surface area contributed by atoms with Gasteiger partial charge in [-0.15, -0.1) is 10.2 Å². The summed E-state index contributed by atoms with van der Waals surface area (Å²) < 4.78 is 2.18. The Hall–Kier alpha value is -1.55. The van der Waals surface area contributed by atoms with Gasteiger partial charge in [-0.05, 0) is 38.0 Å². The highest BCUT2D eigenvalue weighted by Crippen LogP contribution is 2.39. The topological polar surface area (TPSA) is 56.7 Å². The second-order valence-corrected chi connectivity index (χ2v) is 4.82. The van der Waals surface area contributed by atoms with Crippen LogP contribution in [0.15, 0.2) is 18.2 Å². The van der Waals surface area contributed by atoms with Gasteiger partial charge in [0.1, 0.15) is 5.82 Å². The van der Waals surface area contributed by atoms with Gasteiger partial charge in [0.25, 0.3) is 0 Å². The fourth-order valence-electron chi connectivity index (χ4n) is 2.02. The molecular formula is C12H13ClN4. The van der Waals surface area contributed by atoms with Crippen molar-refractivity contribution in [3.05, 3.63) is 29.0 Å². The third-order valence-corrected chi connectivity index (χ3v) is 3.38. The largest absolute Gasteiger partial charge is 0.398 e. The van der Waals surface area contributed by atoms with E-state index in [-0.39, 0.29) is 0 Å². The summed E-state index contributed by atoms with van der Waals surface area (Å²) in [6.07, 6.45) is 2.41. The minimum absolute atomic E-state index is 0.553. The van der Waals surface area contributed by atoms with Crippen LogP contribution in [0.3, 0.4) is 0 Å². The van der Waals surface area contributed by atoms with Gasteiger partial charge < -0.3 is 10.3 Å². The number of rotatable bonds is 2. The SMILES string of the molecule is Cc1nnc(-c2ccc(Cl)c(N)c2)n1C1CC1. The monoisotopic (exact) mass is 248 g/mol. The quantitative estimate of drug-likeness (QED) is 0.832. The average Bonchev–Trinajstić information content (AvgIpc) is 3.06. The number of anilines is 1. The van der Waals surface area contributed by atoms with Crippen LogP contribution in [0, 0.1) is 6.92 Å². The number of halogens is 1. The molecule has 1 aromatic heterocycles. The van der Waals surface area contributed by atoms with E-state index in [1.807, 2.05) is 19.1 Å². The van der Waals surface area contributed by atoms with Crippen molar-refractivity contribution < 1.29 is 0 Å². The summed E-state index contributed by atoms with van der Waals surface area (Å²) in [5.74, 6) is 1.84. The Kier molecular flexibility index (Phi) is 2.33. The van der Waals surface area contributed by atoms with Gasteiger partial charge in [0, 0.05) is 11.6 Å². The summed E-state index contributed by atoms with van der Waals surface area (Å²) in [6, 6.07) is 6.14. The molecule has 0 aliphatic heterocycles. The second kappa shape index (κ2) is 3.74. The molecule has 0 unspecified atom stereocenters. The highest BCUT2D eigenvalue weighted by molar-refractivity contribution is 6.33. The first kappa shape index (κ1) is 10.6. The normalized spacial score (nSPS) is 15.2. The molecular weight excluding hydrogens is 236 g/mol. The van der Waals surface area contributed by atoms with Crippen LogP contribution in [0.1, 0.15) is 24.7 Å². The van der Waals surface area contributed by atoms with E-state index < -0.39 is 0 Å². The zero-order valence-electron chi connectivity index (χ0n) is 9.52. The van der Waals surface area contributed by atoms with E-state index in [0.717, 1.165) is 17.2 Å². The van der Waals surface area contributed by atoms with Crippen LogP contribution in [-0.2, 0) is 0 Å². The minimum Gasteiger partial charge on any atom is -0.398 e. The van der Waals surface area contributed by atoms with Crippen LogP contribution >= 0.6 is 11.6 Å². The lowest BCUT2D eigenvalue weighted by Gasteiger charge is -2.07. The molecule has 1 aliphatic carbocycles. The van der Waals surface area contributed by atoms with Crippen LogP contribution < -0.4 is 5.73 Å². The molecule has 0 amide bonds. The highest BCUT2D eigenvalue weighted by Gasteiger charge is 2.28. The molecule has 1 aromatic carbocycles. The molecule has 17 heavy (non-hydrogen) atoms. The second-order valence-electron chi connectivity index (χ2n) is 4.41. The third-order valence-electron chi connectivity index (χ3n) is 3.03. The standard InChI is InChI=1S/C12H13ClN4/c1-7-15-16-12(17(7)9-3-4-9)8-2-5-10(13)11(14)6-8/h2,5-6,9H,3-4,14H2,1H3. The Morgan fingerprint density at radius 3 is 2.76 bits per heavy atom. The lowest BCUT2D eigenvalue weighted by Crippen LogP contribution is -2.00. The summed E-state index contributed by atoms with van der Waals surface area (Å²) in [5.41, 5.74) is 7.36. The molecule has 0 atom stereocenters. The molecule has 2 N–H and O–H groups in total. The summed E-state index contributed by atoms with van der Waals surface area (Å²) >= 11 is 5.92. The van der Waals surface area contributed by atoms with Crippen molar-refractivity contribution in [3.63, 3.8) is 0 Å². The Bertz CT molecular complexity index is 572. The lowest BCUT2D eigenvalue weighted by molar-refractivity contribution is 0.717.